The Hall–Kier alpha value is -4.22. The zero-order valence-corrected chi connectivity index (χ0v) is 23.1. The fourth-order valence-corrected chi connectivity index (χ4v) is 4.63. The Morgan fingerprint density at radius 2 is 1.57 bits per heavy atom. The minimum atomic E-state index is -0.479. The van der Waals surface area contributed by atoms with Crippen molar-refractivity contribution in [1.29, 1.82) is 0 Å². The molecule has 0 amide bonds. The molecule has 0 bridgehead atoms. The number of hydrogen-bond donors (Lipinski definition) is 1. The predicted molar refractivity (Wildman–Crippen MR) is 159 cm³/mol. The molecule has 0 unspecified atom stereocenters. The maximum absolute atomic E-state index is 15.3. The van der Waals surface area contributed by atoms with E-state index in [0.29, 0.717) is 35.3 Å². The molecule has 1 N–H and O–H groups in total. The molecule has 4 nitrogen and oxygen atoms in total. The van der Waals surface area contributed by atoms with Crippen molar-refractivity contribution >= 4 is 5.97 Å². The Balaban J connectivity index is 1.69. The minimum absolute atomic E-state index is 0.0456. The summed E-state index contributed by atoms with van der Waals surface area (Å²) in [6, 6.07) is 27.6. The molecule has 0 aromatic heterocycles. The van der Waals surface area contributed by atoms with Gasteiger partial charge < -0.3 is 14.6 Å². The van der Waals surface area contributed by atoms with Crippen molar-refractivity contribution in [2.24, 2.45) is 0 Å². The molecule has 0 fully saturated rings. The summed E-state index contributed by atoms with van der Waals surface area (Å²) in [5.74, 6) is -0.337. The summed E-state index contributed by atoms with van der Waals surface area (Å²) in [6.07, 6.45) is 2.02. The lowest BCUT2D eigenvalue weighted by molar-refractivity contribution is -0.139. The van der Waals surface area contributed by atoms with Gasteiger partial charge in [-0.2, -0.15) is 0 Å². The number of aryl methyl sites for hydroxylation is 2. The van der Waals surface area contributed by atoms with Crippen molar-refractivity contribution in [3.05, 3.63) is 114 Å². The maximum atomic E-state index is 15.3. The van der Waals surface area contributed by atoms with Crippen LogP contribution in [-0.2, 0) is 22.4 Å². The van der Waals surface area contributed by atoms with Crippen molar-refractivity contribution in [2.45, 2.75) is 33.1 Å². The van der Waals surface area contributed by atoms with Crippen molar-refractivity contribution < 1.29 is 23.8 Å². The molecular formula is C35H35FO4. The predicted octanol–water partition coefficient (Wildman–Crippen LogP) is 7.81. The normalized spacial score (nSPS) is 10.8. The first kappa shape index (κ1) is 28.8. The van der Waals surface area contributed by atoms with Crippen LogP contribution < -0.4 is 4.74 Å². The van der Waals surface area contributed by atoms with Gasteiger partial charge in [0.25, 0.3) is 0 Å². The van der Waals surface area contributed by atoms with Crippen LogP contribution in [0, 0.1) is 5.82 Å². The quantitative estimate of drug-likeness (QED) is 0.114. The van der Waals surface area contributed by atoms with Crippen molar-refractivity contribution in [2.75, 3.05) is 19.8 Å². The number of ether oxygens (including phenoxy) is 2. The van der Waals surface area contributed by atoms with E-state index in [2.05, 4.69) is 43.8 Å². The van der Waals surface area contributed by atoms with E-state index in [9.17, 15) is 4.79 Å². The molecule has 5 heteroatoms. The molecule has 0 heterocycles. The van der Waals surface area contributed by atoms with Gasteiger partial charge in [-0.05, 0) is 77.8 Å². The highest BCUT2D eigenvalue weighted by Gasteiger charge is 2.16. The second-order valence-electron chi connectivity index (χ2n) is 9.71. The van der Waals surface area contributed by atoms with Gasteiger partial charge in [0.15, 0.2) is 0 Å². The van der Waals surface area contributed by atoms with E-state index in [4.69, 9.17) is 14.6 Å². The van der Waals surface area contributed by atoms with Gasteiger partial charge in [-0.15, -0.1) is 0 Å². The fraction of sp³-hybridized carbons (Fsp3) is 0.229. The molecule has 0 aliphatic heterocycles. The molecule has 0 aliphatic rings. The summed E-state index contributed by atoms with van der Waals surface area (Å²) in [7, 11) is 0. The number of hydrogen-bond acceptors (Lipinski definition) is 4. The number of carbonyl (C=O) groups is 1. The monoisotopic (exact) mass is 538 g/mol. The van der Waals surface area contributed by atoms with Gasteiger partial charge in [-0.1, -0.05) is 80.2 Å². The van der Waals surface area contributed by atoms with Crippen LogP contribution in [-0.4, -0.2) is 30.9 Å². The van der Waals surface area contributed by atoms with E-state index in [0.717, 1.165) is 34.2 Å². The summed E-state index contributed by atoms with van der Waals surface area (Å²) < 4.78 is 26.6. The standard InChI is InChI=1S/C35H35FO4/c1-4-26-22-28(27-10-6-5-7-11-27)13-16-30(26)29-14-17-32(31-15-12-25(9-8-18-37)21-33(31)36)34(23-29)39-19-20-40-35(38)24(2)3/h5-7,10-17,21-23,37H,2,4,8-9,18-20H2,1,3H3. The molecule has 4 aromatic rings. The Morgan fingerprint density at radius 3 is 2.27 bits per heavy atom. The van der Waals surface area contributed by atoms with E-state index in [1.807, 2.05) is 42.5 Å². The summed E-state index contributed by atoms with van der Waals surface area (Å²) >= 11 is 0. The number of rotatable bonds is 12. The lowest BCUT2D eigenvalue weighted by Gasteiger charge is -2.17. The highest BCUT2D eigenvalue weighted by Crippen LogP contribution is 2.38. The van der Waals surface area contributed by atoms with Gasteiger partial charge in [-0.25, -0.2) is 9.18 Å². The largest absolute Gasteiger partial charge is 0.489 e. The number of carbonyl (C=O) groups excluding carboxylic acids is 1. The SMILES string of the molecule is C=C(C)C(=O)OCCOc1cc(-c2ccc(-c3ccccc3)cc2CC)ccc1-c1ccc(CCCO)cc1F. The highest BCUT2D eigenvalue weighted by molar-refractivity contribution is 5.87. The summed E-state index contributed by atoms with van der Waals surface area (Å²) in [4.78, 5) is 11.8. The summed E-state index contributed by atoms with van der Waals surface area (Å²) in [5, 5.41) is 9.12. The number of halogens is 1. The molecular weight excluding hydrogens is 503 g/mol. The van der Waals surface area contributed by atoms with Crippen molar-refractivity contribution in [3.8, 4) is 39.1 Å². The molecule has 0 aliphatic carbocycles. The maximum Gasteiger partial charge on any atom is 0.333 e. The van der Waals surface area contributed by atoms with Crippen LogP contribution in [0.3, 0.4) is 0 Å². The van der Waals surface area contributed by atoms with E-state index in [-0.39, 0.29) is 25.6 Å². The lowest BCUT2D eigenvalue weighted by Crippen LogP contribution is -2.12. The highest BCUT2D eigenvalue weighted by atomic mass is 19.1. The first-order valence-corrected chi connectivity index (χ1v) is 13.6. The number of esters is 1. The van der Waals surface area contributed by atoms with Crippen LogP contribution in [0.5, 0.6) is 5.75 Å². The molecule has 40 heavy (non-hydrogen) atoms. The van der Waals surface area contributed by atoms with Crippen LogP contribution in [0.1, 0.15) is 31.4 Å². The van der Waals surface area contributed by atoms with Gasteiger partial charge in [0.2, 0.25) is 0 Å². The lowest BCUT2D eigenvalue weighted by atomic mass is 9.92. The zero-order chi connectivity index (χ0) is 28.5. The Kier molecular flexibility index (Phi) is 9.87. The number of aliphatic hydroxyl groups is 1. The summed E-state index contributed by atoms with van der Waals surface area (Å²) in [6.45, 7) is 7.53. The van der Waals surface area contributed by atoms with Crippen LogP contribution in [0.15, 0.2) is 97.1 Å². The average molecular weight is 539 g/mol. The van der Waals surface area contributed by atoms with Crippen LogP contribution in [0.25, 0.3) is 33.4 Å². The molecule has 0 radical (unpaired) electrons. The first-order valence-electron chi connectivity index (χ1n) is 13.6. The second kappa shape index (κ2) is 13.7. The summed E-state index contributed by atoms with van der Waals surface area (Å²) in [5.41, 5.74) is 7.70. The van der Waals surface area contributed by atoms with Crippen LogP contribution in [0.2, 0.25) is 0 Å². The average Bonchev–Trinajstić information content (AvgIpc) is 2.98. The topological polar surface area (TPSA) is 55.8 Å². The van der Waals surface area contributed by atoms with E-state index >= 15 is 4.39 Å². The van der Waals surface area contributed by atoms with Gasteiger partial charge in [-0.3, -0.25) is 0 Å². The second-order valence-corrected chi connectivity index (χ2v) is 9.71. The van der Waals surface area contributed by atoms with Crippen molar-refractivity contribution in [3.63, 3.8) is 0 Å². The van der Waals surface area contributed by atoms with Crippen molar-refractivity contribution in [1.82, 2.24) is 0 Å². The molecule has 206 valence electrons. The van der Waals surface area contributed by atoms with E-state index < -0.39 is 5.97 Å². The van der Waals surface area contributed by atoms with Crippen LogP contribution in [0.4, 0.5) is 4.39 Å². The van der Waals surface area contributed by atoms with E-state index in [1.165, 1.54) is 11.6 Å². The molecule has 4 rings (SSSR count). The zero-order valence-electron chi connectivity index (χ0n) is 23.1. The first-order chi connectivity index (χ1) is 19.4. The van der Waals surface area contributed by atoms with Gasteiger partial charge in [0, 0.05) is 23.3 Å². The Bertz CT molecular complexity index is 1480. The third-order valence-electron chi connectivity index (χ3n) is 6.76. The van der Waals surface area contributed by atoms with Gasteiger partial charge in [0.05, 0.1) is 0 Å². The van der Waals surface area contributed by atoms with Gasteiger partial charge >= 0.3 is 5.97 Å². The number of aliphatic hydroxyl groups excluding tert-OH is 1. The molecule has 0 saturated heterocycles. The smallest absolute Gasteiger partial charge is 0.333 e. The fourth-order valence-electron chi connectivity index (χ4n) is 4.63. The third kappa shape index (κ3) is 7.04. The Labute approximate surface area is 235 Å². The molecule has 0 atom stereocenters. The Morgan fingerprint density at radius 1 is 0.850 bits per heavy atom. The molecule has 0 saturated carbocycles. The third-order valence-corrected chi connectivity index (χ3v) is 6.76. The molecule has 4 aromatic carbocycles. The minimum Gasteiger partial charge on any atom is -0.489 e. The molecule has 0 spiro atoms. The number of benzene rings is 4. The van der Waals surface area contributed by atoms with Crippen LogP contribution >= 0.6 is 0 Å². The van der Waals surface area contributed by atoms with Gasteiger partial charge in [0.1, 0.15) is 24.8 Å². The van der Waals surface area contributed by atoms with E-state index in [1.54, 1.807) is 13.0 Å².